The largest absolute Gasteiger partial charge is 0.289 e. The second kappa shape index (κ2) is 5.40. The van der Waals surface area contributed by atoms with E-state index in [2.05, 4.69) is 12.0 Å². The number of nitrogens with zero attached hydrogens (tertiary/aromatic N) is 3. The van der Waals surface area contributed by atoms with Crippen molar-refractivity contribution >= 4 is 5.71 Å². The average Bonchev–Trinajstić information content (AvgIpc) is 2.35. The first-order valence-electron chi connectivity index (χ1n) is 6.73. The molecule has 0 spiro atoms. The van der Waals surface area contributed by atoms with Crippen LogP contribution in [0.4, 0.5) is 0 Å². The second-order valence-electron chi connectivity index (χ2n) is 5.44. The van der Waals surface area contributed by atoms with Gasteiger partial charge in [-0.1, -0.05) is 6.92 Å². The Balaban J connectivity index is 2.49. The monoisotopic (exact) mass is 257 g/mol. The first-order valence-corrected chi connectivity index (χ1v) is 6.73. The van der Waals surface area contributed by atoms with E-state index in [1.165, 1.54) is 11.1 Å². The maximum atomic E-state index is 12.2. The molecule has 4 nitrogen and oxygen atoms in total. The van der Waals surface area contributed by atoms with Gasteiger partial charge in [0.2, 0.25) is 0 Å². The molecule has 2 rings (SSSR count). The normalized spacial score (nSPS) is 21.4. The molecule has 1 aliphatic rings. The topological polar surface area (TPSA) is 58.1 Å². The van der Waals surface area contributed by atoms with Crippen LogP contribution in [0, 0.1) is 31.1 Å². The Morgan fingerprint density at radius 3 is 2.84 bits per heavy atom. The number of nitriles is 1. The highest BCUT2D eigenvalue weighted by molar-refractivity contribution is 5.85. The standard InChI is InChI=1S/C15H19N3O/c1-10-5-4-6-13(7-10)17-18-12(3)8-11(2)14(9-16)15(18)19/h8,10H,4-7H2,1-3H3/b17-13+. The van der Waals surface area contributed by atoms with Gasteiger partial charge in [0.1, 0.15) is 11.6 Å². The van der Waals surface area contributed by atoms with Crippen LogP contribution in [0.1, 0.15) is 49.4 Å². The highest BCUT2D eigenvalue weighted by Crippen LogP contribution is 2.21. The quantitative estimate of drug-likeness (QED) is 0.776. The third-order valence-electron chi connectivity index (χ3n) is 3.66. The van der Waals surface area contributed by atoms with Crippen molar-refractivity contribution in [1.29, 1.82) is 5.26 Å². The first kappa shape index (κ1) is 13.5. The van der Waals surface area contributed by atoms with Gasteiger partial charge in [0.05, 0.1) is 0 Å². The Morgan fingerprint density at radius 1 is 1.47 bits per heavy atom. The summed E-state index contributed by atoms with van der Waals surface area (Å²) in [5, 5.41) is 13.5. The number of hydrogen-bond donors (Lipinski definition) is 0. The van der Waals surface area contributed by atoms with Crippen molar-refractivity contribution in [2.24, 2.45) is 11.0 Å². The molecule has 0 bridgehead atoms. The average molecular weight is 257 g/mol. The molecule has 0 radical (unpaired) electrons. The summed E-state index contributed by atoms with van der Waals surface area (Å²) in [6, 6.07) is 3.82. The molecule has 1 aromatic heterocycles. The summed E-state index contributed by atoms with van der Waals surface area (Å²) < 4.78 is 1.39. The summed E-state index contributed by atoms with van der Waals surface area (Å²) in [5.41, 5.74) is 2.46. The van der Waals surface area contributed by atoms with Crippen molar-refractivity contribution in [2.75, 3.05) is 0 Å². The van der Waals surface area contributed by atoms with Crippen molar-refractivity contribution in [3.63, 3.8) is 0 Å². The molecule has 1 fully saturated rings. The zero-order valence-corrected chi connectivity index (χ0v) is 11.7. The van der Waals surface area contributed by atoms with Gasteiger partial charge in [-0.2, -0.15) is 10.4 Å². The van der Waals surface area contributed by atoms with Crippen LogP contribution >= 0.6 is 0 Å². The number of aryl methyl sites for hydroxylation is 2. The van der Waals surface area contributed by atoms with E-state index in [0.29, 0.717) is 5.92 Å². The number of pyridine rings is 1. The molecule has 0 saturated heterocycles. The van der Waals surface area contributed by atoms with Crippen molar-refractivity contribution in [3.05, 3.63) is 33.2 Å². The van der Waals surface area contributed by atoms with E-state index in [-0.39, 0.29) is 11.1 Å². The van der Waals surface area contributed by atoms with E-state index in [0.717, 1.165) is 36.2 Å². The summed E-state index contributed by atoms with van der Waals surface area (Å²) in [4.78, 5) is 12.2. The first-order chi connectivity index (χ1) is 9.02. The van der Waals surface area contributed by atoms with Crippen LogP contribution in [0.3, 0.4) is 0 Å². The molecular formula is C15H19N3O. The smallest absolute Gasteiger partial charge is 0.266 e. The summed E-state index contributed by atoms with van der Waals surface area (Å²) in [6.45, 7) is 5.85. The molecule has 0 aromatic carbocycles. The molecule has 1 aromatic rings. The second-order valence-corrected chi connectivity index (χ2v) is 5.44. The molecule has 1 heterocycles. The molecule has 0 amide bonds. The highest BCUT2D eigenvalue weighted by atomic mass is 16.1. The van der Waals surface area contributed by atoms with Crippen LogP contribution < -0.4 is 5.56 Å². The zero-order chi connectivity index (χ0) is 14.0. The molecule has 1 atom stereocenters. The summed E-state index contributed by atoms with van der Waals surface area (Å²) >= 11 is 0. The van der Waals surface area contributed by atoms with Gasteiger partial charge in [0.15, 0.2) is 0 Å². The molecule has 1 saturated carbocycles. The third kappa shape index (κ3) is 2.76. The van der Waals surface area contributed by atoms with Gasteiger partial charge in [-0.15, -0.1) is 0 Å². The fraction of sp³-hybridized carbons (Fsp3) is 0.533. The van der Waals surface area contributed by atoms with Gasteiger partial charge >= 0.3 is 0 Å². The summed E-state index contributed by atoms with van der Waals surface area (Å²) in [6.07, 6.45) is 4.25. The van der Waals surface area contributed by atoms with Crippen molar-refractivity contribution < 1.29 is 0 Å². The summed E-state index contributed by atoms with van der Waals surface area (Å²) in [7, 11) is 0. The zero-order valence-electron chi connectivity index (χ0n) is 11.7. The minimum absolute atomic E-state index is 0.193. The molecule has 4 heteroatoms. The van der Waals surface area contributed by atoms with Gasteiger partial charge in [-0.25, -0.2) is 4.68 Å². The Morgan fingerprint density at radius 2 is 2.21 bits per heavy atom. The van der Waals surface area contributed by atoms with E-state index in [1.54, 1.807) is 6.92 Å². The SMILES string of the molecule is Cc1cc(C)n(/N=C2\CCCC(C)C2)c(=O)c1C#N. The van der Waals surface area contributed by atoms with Gasteiger partial charge in [0.25, 0.3) is 5.56 Å². The van der Waals surface area contributed by atoms with Gasteiger partial charge in [0, 0.05) is 11.4 Å². The maximum absolute atomic E-state index is 12.2. The fourth-order valence-corrected chi connectivity index (χ4v) is 2.63. The van der Waals surface area contributed by atoms with Crippen molar-refractivity contribution in [3.8, 4) is 6.07 Å². The van der Waals surface area contributed by atoms with E-state index >= 15 is 0 Å². The van der Waals surface area contributed by atoms with Crippen LogP contribution in [0.2, 0.25) is 0 Å². The lowest BCUT2D eigenvalue weighted by Crippen LogP contribution is -2.25. The molecule has 0 N–H and O–H groups in total. The van der Waals surface area contributed by atoms with Crippen molar-refractivity contribution in [2.45, 2.75) is 46.5 Å². The molecule has 1 aliphatic carbocycles. The van der Waals surface area contributed by atoms with Crippen molar-refractivity contribution in [1.82, 2.24) is 4.68 Å². The number of hydrogen-bond acceptors (Lipinski definition) is 3. The predicted octanol–water partition coefficient (Wildman–Crippen LogP) is 2.75. The molecule has 1 unspecified atom stereocenters. The lowest BCUT2D eigenvalue weighted by molar-refractivity contribution is 0.496. The Kier molecular flexibility index (Phi) is 3.84. The van der Waals surface area contributed by atoms with E-state index < -0.39 is 0 Å². The Labute approximate surface area is 113 Å². The Hall–Kier alpha value is -1.89. The molecular weight excluding hydrogens is 238 g/mol. The van der Waals surface area contributed by atoms with Crippen LogP contribution in [0.5, 0.6) is 0 Å². The number of aromatic nitrogens is 1. The van der Waals surface area contributed by atoms with Gasteiger partial charge in [-0.05, 0) is 57.1 Å². The molecule has 19 heavy (non-hydrogen) atoms. The van der Waals surface area contributed by atoms with Gasteiger partial charge in [-0.3, -0.25) is 4.79 Å². The highest BCUT2D eigenvalue weighted by Gasteiger charge is 2.16. The minimum atomic E-state index is -0.300. The van der Waals surface area contributed by atoms with E-state index in [9.17, 15) is 4.79 Å². The predicted molar refractivity (Wildman–Crippen MR) is 75.4 cm³/mol. The maximum Gasteiger partial charge on any atom is 0.289 e. The van der Waals surface area contributed by atoms with Crippen LogP contribution in [-0.4, -0.2) is 10.4 Å². The fourth-order valence-electron chi connectivity index (χ4n) is 2.63. The third-order valence-corrected chi connectivity index (χ3v) is 3.66. The van der Waals surface area contributed by atoms with Crippen LogP contribution in [0.25, 0.3) is 0 Å². The van der Waals surface area contributed by atoms with Crippen LogP contribution in [-0.2, 0) is 0 Å². The molecule has 100 valence electrons. The summed E-state index contributed by atoms with van der Waals surface area (Å²) in [5.74, 6) is 0.629. The van der Waals surface area contributed by atoms with E-state index in [1.807, 2.05) is 19.1 Å². The lowest BCUT2D eigenvalue weighted by atomic mass is 9.89. The van der Waals surface area contributed by atoms with E-state index in [4.69, 9.17) is 5.26 Å². The van der Waals surface area contributed by atoms with Gasteiger partial charge < -0.3 is 0 Å². The molecule has 0 aliphatic heterocycles. The lowest BCUT2D eigenvalue weighted by Gasteiger charge is -2.19. The minimum Gasteiger partial charge on any atom is -0.266 e. The van der Waals surface area contributed by atoms with Crippen LogP contribution in [0.15, 0.2) is 16.0 Å². The number of rotatable bonds is 1. The Bertz CT molecular complexity index is 620.